The predicted molar refractivity (Wildman–Crippen MR) is 57.5 cm³/mol. The van der Waals surface area contributed by atoms with E-state index in [-0.39, 0.29) is 11.8 Å². The topological polar surface area (TPSA) is 49.8 Å². The van der Waals surface area contributed by atoms with E-state index in [4.69, 9.17) is 4.74 Å². The van der Waals surface area contributed by atoms with E-state index in [1.54, 1.807) is 18.7 Å². The normalized spacial score (nSPS) is 27.9. The number of nitrogens with zero attached hydrogens (tertiary/aromatic N) is 1. The number of hydrogen-bond donors (Lipinski definition) is 1. The third-order valence-corrected chi connectivity index (χ3v) is 3.23. The van der Waals surface area contributed by atoms with Crippen molar-refractivity contribution in [2.24, 2.45) is 5.92 Å². The molecule has 1 N–H and O–H groups in total. The minimum atomic E-state index is -0.791. The highest BCUT2D eigenvalue weighted by Crippen LogP contribution is 2.21. The lowest BCUT2D eigenvalue weighted by molar-refractivity contribution is -0.155. The van der Waals surface area contributed by atoms with Crippen LogP contribution in [0.2, 0.25) is 0 Å². The second-order valence-electron chi connectivity index (χ2n) is 4.80. The largest absolute Gasteiger partial charge is 0.391 e. The Bertz CT molecular complexity index is 240. The molecule has 0 saturated carbocycles. The Labute approximate surface area is 91.2 Å². The van der Waals surface area contributed by atoms with Crippen molar-refractivity contribution in [1.82, 2.24) is 4.90 Å². The van der Waals surface area contributed by atoms with Crippen LogP contribution < -0.4 is 0 Å². The van der Waals surface area contributed by atoms with Crippen molar-refractivity contribution in [2.45, 2.75) is 38.9 Å². The van der Waals surface area contributed by atoms with Crippen molar-refractivity contribution in [3.63, 3.8) is 0 Å². The van der Waals surface area contributed by atoms with Crippen LogP contribution in [0.5, 0.6) is 0 Å². The van der Waals surface area contributed by atoms with Crippen LogP contribution in [0.1, 0.15) is 27.2 Å². The monoisotopic (exact) mass is 215 g/mol. The third-order valence-electron chi connectivity index (χ3n) is 3.23. The van der Waals surface area contributed by atoms with Crippen LogP contribution in [0, 0.1) is 5.92 Å². The van der Waals surface area contributed by atoms with E-state index in [0.717, 1.165) is 6.42 Å². The Morgan fingerprint density at radius 1 is 1.53 bits per heavy atom. The number of carbonyl (C=O) groups is 1. The number of likely N-dealkylation sites (tertiary alicyclic amines) is 1. The Hall–Kier alpha value is -0.610. The Kier molecular flexibility index (Phi) is 3.73. The number of carbonyl (C=O) groups excluding carboxylic acids is 1. The molecule has 0 aromatic rings. The van der Waals surface area contributed by atoms with Crippen LogP contribution in [0.3, 0.4) is 0 Å². The summed E-state index contributed by atoms with van der Waals surface area (Å²) >= 11 is 0. The highest BCUT2D eigenvalue weighted by Gasteiger charge is 2.35. The SMILES string of the molecule is COC(C)(C)C(=O)N1CCC(C)C(O)C1. The van der Waals surface area contributed by atoms with Gasteiger partial charge in [0.05, 0.1) is 6.10 Å². The van der Waals surface area contributed by atoms with Gasteiger partial charge >= 0.3 is 0 Å². The summed E-state index contributed by atoms with van der Waals surface area (Å²) in [6.45, 7) is 6.64. The summed E-state index contributed by atoms with van der Waals surface area (Å²) in [4.78, 5) is 13.7. The summed E-state index contributed by atoms with van der Waals surface area (Å²) in [5.41, 5.74) is -0.791. The zero-order valence-electron chi connectivity index (χ0n) is 9.99. The minimum Gasteiger partial charge on any atom is -0.391 e. The number of hydrogen-bond acceptors (Lipinski definition) is 3. The lowest BCUT2D eigenvalue weighted by atomic mass is 9.94. The summed E-state index contributed by atoms with van der Waals surface area (Å²) < 4.78 is 5.14. The Morgan fingerprint density at radius 3 is 2.60 bits per heavy atom. The molecule has 1 rings (SSSR count). The molecule has 1 amide bonds. The quantitative estimate of drug-likeness (QED) is 0.735. The van der Waals surface area contributed by atoms with Gasteiger partial charge in [-0.15, -0.1) is 0 Å². The van der Waals surface area contributed by atoms with Crippen molar-refractivity contribution in [1.29, 1.82) is 0 Å². The minimum absolute atomic E-state index is 0.0454. The number of ether oxygens (including phenoxy) is 1. The standard InChI is InChI=1S/C11H21NO3/c1-8-5-6-12(7-9(8)13)10(14)11(2,3)15-4/h8-9,13H,5-7H2,1-4H3. The fraction of sp³-hybridized carbons (Fsp3) is 0.909. The lowest BCUT2D eigenvalue weighted by Crippen LogP contribution is -2.53. The first kappa shape index (κ1) is 12.5. The summed E-state index contributed by atoms with van der Waals surface area (Å²) in [7, 11) is 1.53. The smallest absolute Gasteiger partial charge is 0.254 e. The third kappa shape index (κ3) is 2.69. The fourth-order valence-electron chi connectivity index (χ4n) is 1.70. The maximum Gasteiger partial charge on any atom is 0.254 e. The van der Waals surface area contributed by atoms with Gasteiger partial charge in [-0.3, -0.25) is 4.79 Å². The van der Waals surface area contributed by atoms with E-state index in [0.29, 0.717) is 13.1 Å². The highest BCUT2D eigenvalue weighted by atomic mass is 16.5. The van der Waals surface area contributed by atoms with Gasteiger partial charge in [-0.1, -0.05) is 6.92 Å². The van der Waals surface area contributed by atoms with Gasteiger partial charge in [-0.25, -0.2) is 0 Å². The first-order valence-corrected chi connectivity index (χ1v) is 5.41. The molecule has 2 unspecified atom stereocenters. The lowest BCUT2D eigenvalue weighted by Gasteiger charge is -2.38. The molecule has 0 aromatic carbocycles. The van der Waals surface area contributed by atoms with E-state index in [1.165, 1.54) is 7.11 Å². The van der Waals surface area contributed by atoms with Gasteiger partial charge < -0.3 is 14.7 Å². The number of β-amino-alcohol motifs (C(OH)–C–C–N with tert-alkyl or cyclic N) is 1. The second kappa shape index (κ2) is 4.49. The molecule has 2 atom stereocenters. The highest BCUT2D eigenvalue weighted by molar-refractivity contribution is 5.84. The molecule has 4 nitrogen and oxygen atoms in total. The van der Waals surface area contributed by atoms with Crippen LogP contribution in [-0.2, 0) is 9.53 Å². The Morgan fingerprint density at radius 2 is 2.13 bits per heavy atom. The van der Waals surface area contributed by atoms with Gasteiger partial charge in [0.15, 0.2) is 0 Å². The molecule has 1 heterocycles. The number of methoxy groups -OCH3 is 1. The molecule has 1 saturated heterocycles. The zero-order valence-corrected chi connectivity index (χ0v) is 9.99. The van der Waals surface area contributed by atoms with Gasteiger partial charge in [0.2, 0.25) is 0 Å². The van der Waals surface area contributed by atoms with Gasteiger partial charge in [-0.2, -0.15) is 0 Å². The zero-order chi connectivity index (χ0) is 11.6. The predicted octanol–water partition coefficient (Wildman–Crippen LogP) is 0.641. The number of piperidine rings is 1. The number of aliphatic hydroxyl groups is 1. The van der Waals surface area contributed by atoms with Gasteiger partial charge in [0.25, 0.3) is 5.91 Å². The molecule has 1 aliphatic heterocycles. The first-order valence-electron chi connectivity index (χ1n) is 5.41. The molecule has 0 aromatic heterocycles. The summed E-state index contributed by atoms with van der Waals surface area (Å²) in [6.07, 6.45) is 0.447. The van der Waals surface area contributed by atoms with Crippen molar-refractivity contribution in [2.75, 3.05) is 20.2 Å². The van der Waals surface area contributed by atoms with Gasteiger partial charge in [0.1, 0.15) is 5.60 Å². The molecule has 15 heavy (non-hydrogen) atoms. The van der Waals surface area contributed by atoms with E-state index in [2.05, 4.69) is 0 Å². The number of rotatable bonds is 2. The number of aliphatic hydroxyl groups excluding tert-OH is 1. The first-order chi connectivity index (χ1) is 6.88. The molecule has 0 spiro atoms. The molecule has 88 valence electrons. The summed E-state index contributed by atoms with van der Waals surface area (Å²) in [5.74, 6) is 0.232. The van der Waals surface area contributed by atoms with Crippen LogP contribution in [0.25, 0.3) is 0 Å². The molecule has 0 bridgehead atoms. The molecule has 1 fully saturated rings. The van der Waals surface area contributed by atoms with Crippen LogP contribution in [-0.4, -0.2) is 47.8 Å². The van der Waals surface area contributed by atoms with Crippen LogP contribution in [0.15, 0.2) is 0 Å². The maximum absolute atomic E-state index is 12.0. The summed E-state index contributed by atoms with van der Waals surface area (Å²) in [5, 5.41) is 9.70. The molecular formula is C11H21NO3. The van der Waals surface area contributed by atoms with Crippen molar-refractivity contribution in [3.8, 4) is 0 Å². The van der Waals surface area contributed by atoms with E-state index < -0.39 is 11.7 Å². The van der Waals surface area contributed by atoms with E-state index >= 15 is 0 Å². The van der Waals surface area contributed by atoms with Gasteiger partial charge in [0, 0.05) is 20.2 Å². The van der Waals surface area contributed by atoms with E-state index in [1.807, 2.05) is 6.92 Å². The van der Waals surface area contributed by atoms with Crippen LogP contribution >= 0.6 is 0 Å². The average Bonchev–Trinajstić information content (AvgIpc) is 2.21. The van der Waals surface area contributed by atoms with E-state index in [9.17, 15) is 9.90 Å². The Balaban J connectivity index is 2.62. The fourth-order valence-corrected chi connectivity index (χ4v) is 1.70. The second-order valence-corrected chi connectivity index (χ2v) is 4.80. The molecule has 0 aliphatic carbocycles. The van der Waals surface area contributed by atoms with Crippen LogP contribution in [0.4, 0.5) is 0 Å². The molecule has 0 radical (unpaired) electrons. The van der Waals surface area contributed by atoms with Crippen molar-refractivity contribution < 1.29 is 14.6 Å². The van der Waals surface area contributed by atoms with Gasteiger partial charge in [-0.05, 0) is 26.2 Å². The molecule has 4 heteroatoms. The average molecular weight is 215 g/mol. The molecular weight excluding hydrogens is 194 g/mol. The van der Waals surface area contributed by atoms with Crippen molar-refractivity contribution >= 4 is 5.91 Å². The van der Waals surface area contributed by atoms with Crippen molar-refractivity contribution in [3.05, 3.63) is 0 Å². The number of amides is 1. The summed E-state index contributed by atoms with van der Waals surface area (Å²) in [6, 6.07) is 0. The maximum atomic E-state index is 12.0. The molecule has 1 aliphatic rings.